The van der Waals surface area contributed by atoms with Gasteiger partial charge in [0.05, 0.1) is 11.5 Å². The highest BCUT2D eigenvalue weighted by Gasteiger charge is 2.21. The number of aliphatic hydroxyl groups excluding tert-OH is 2. The number of non-ortho nitro benzene ring substituents is 1. The van der Waals surface area contributed by atoms with Crippen molar-refractivity contribution in [2.45, 2.75) is 25.5 Å². The first kappa shape index (κ1) is 20.7. The molecular formula is C19H19ClN2O5. The minimum Gasteiger partial charge on any atom is -0.394 e. The molecule has 0 aliphatic rings. The molecule has 2 N–H and O–H groups in total. The summed E-state index contributed by atoms with van der Waals surface area (Å²) in [5.41, 5.74) is 1.24. The van der Waals surface area contributed by atoms with Crippen LogP contribution in [0.1, 0.15) is 35.4 Å². The topological polar surface area (TPSA) is 113 Å². The third-order valence-electron chi connectivity index (χ3n) is 3.97. The lowest BCUT2D eigenvalue weighted by molar-refractivity contribution is -0.384. The van der Waals surface area contributed by atoms with E-state index in [9.17, 15) is 25.1 Å². The van der Waals surface area contributed by atoms with Crippen molar-refractivity contribution in [3.05, 3.63) is 74.8 Å². The number of hydrogen-bond acceptors (Lipinski definition) is 6. The van der Waals surface area contributed by atoms with Crippen LogP contribution in [0.3, 0.4) is 0 Å². The first-order valence-electron chi connectivity index (χ1n) is 8.17. The molecule has 0 fully saturated rings. The number of hydrogen-bond donors (Lipinski definition) is 2. The zero-order valence-electron chi connectivity index (χ0n) is 14.6. The SMILES string of the molecule is CC(CC(=O)c1ccc(Cl)cc1)=N[C@H](CO)[C@H](O)c1ccc([N+](=O)[O-])cc1. The van der Waals surface area contributed by atoms with E-state index in [1.807, 2.05) is 0 Å². The average molecular weight is 391 g/mol. The molecule has 8 heteroatoms. The van der Waals surface area contributed by atoms with Gasteiger partial charge in [-0.2, -0.15) is 0 Å². The summed E-state index contributed by atoms with van der Waals surface area (Å²) in [6.45, 7) is 1.20. The number of aliphatic imine (C=N–C) groups is 1. The Morgan fingerprint density at radius 3 is 2.30 bits per heavy atom. The molecule has 2 atom stereocenters. The highest BCUT2D eigenvalue weighted by Crippen LogP contribution is 2.22. The second-order valence-electron chi connectivity index (χ2n) is 6.01. The van der Waals surface area contributed by atoms with Crippen molar-refractivity contribution < 1.29 is 19.9 Å². The average Bonchev–Trinajstić information content (AvgIpc) is 2.66. The van der Waals surface area contributed by atoms with Crippen molar-refractivity contribution in [1.82, 2.24) is 0 Å². The number of nitro groups is 1. The highest BCUT2D eigenvalue weighted by molar-refractivity contribution is 6.30. The molecule has 0 unspecified atom stereocenters. The van der Waals surface area contributed by atoms with Crippen LogP contribution in [0, 0.1) is 10.1 Å². The standard InChI is InChI=1S/C19H19ClN2O5/c1-12(10-18(24)13-2-6-15(20)7-3-13)21-17(11-23)19(25)14-4-8-16(9-5-14)22(26)27/h2-9,17,19,23,25H,10-11H2,1H3/t17-,19-/m1/s1. The Bertz CT molecular complexity index is 834. The van der Waals surface area contributed by atoms with Gasteiger partial charge in [-0.3, -0.25) is 19.9 Å². The molecule has 7 nitrogen and oxygen atoms in total. The van der Waals surface area contributed by atoms with Crippen LogP contribution in [0.4, 0.5) is 5.69 Å². The lowest BCUT2D eigenvalue weighted by atomic mass is 10.0. The molecule has 2 rings (SSSR count). The van der Waals surface area contributed by atoms with E-state index >= 15 is 0 Å². The van der Waals surface area contributed by atoms with E-state index < -0.39 is 23.7 Å². The van der Waals surface area contributed by atoms with Gasteiger partial charge in [0.1, 0.15) is 12.1 Å². The summed E-state index contributed by atoms with van der Waals surface area (Å²) in [5, 5.41) is 31.2. The van der Waals surface area contributed by atoms with Gasteiger partial charge >= 0.3 is 0 Å². The molecular weight excluding hydrogens is 372 g/mol. The molecule has 0 amide bonds. The number of halogens is 1. The first-order chi connectivity index (χ1) is 12.8. The van der Waals surface area contributed by atoms with Gasteiger partial charge in [0.15, 0.2) is 5.78 Å². The Labute approximate surface area is 161 Å². The lowest BCUT2D eigenvalue weighted by Crippen LogP contribution is -2.22. The quantitative estimate of drug-likeness (QED) is 0.310. The summed E-state index contributed by atoms with van der Waals surface area (Å²) in [4.78, 5) is 26.7. The van der Waals surface area contributed by atoms with Crippen LogP contribution in [0.15, 0.2) is 53.5 Å². The smallest absolute Gasteiger partial charge is 0.269 e. The van der Waals surface area contributed by atoms with Crippen LogP contribution < -0.4 is 0 Å². The second kappa shape index (κ2) is 9.36. The number of nitro benzene ring substituents is 1. The van der Waals surface area contributed by atoms with Gasteiger partial charge in [-0.25, -0.2) is 0 Å². The van der Waals surface area contributed by atoms with Gasteiger partial charge in [0, 0.05) is 34.9 Å². The second-order valence-corrected chi connectivity index (χ2v) is 6.45. The third kappa shape index (κ3) is 5.68. The van der Waals surface area contributed by atoms with Crippen molar-refractivity contribution in [2.24, 2.45) is 4.99 Å². The molecule has 0 aromatic heterocycles. The number of nitrogens with zero attached hydrogens (tertiary/aromatic N) is 2. The van der Waals surface area contributed by atoms with E-state index in [-0.39, 0.29) is 17.9 Å². The zero-order chi connectivity index (χ0) is 20.0. The van der Waals surface area contributed by atoms with Gasteiger partial charge in [-0.05, 0) is 48.9 Å². The minimum atomic E-state index is -1.16. The normalized spacial score (nSPS) is 13.9. The molecule has 0 radical (unpaired) electrons. The minimum absolute atomic E-state index is 0.0329. The summed E-state index contributed by atoms with van der Waals surface area (Å²) in [6, 6.07) is 11.0. The van der Waals surface area contributed by atoms with Gasteiger partial charge in [-0.1, -0.05) is 11.6 Å². The maximum Gasteiger partial charge on any atom is 0.269 e. The molecule has 142 valence electrons. The Morgan fingerprint density at radius 2 is 1.78 bits per heavy atom. The van der Waals surface area contributed by atoms with E-state index in [1.165, 1.54) is 24.3 Å². The molecule has 0 bridgehead atoms. The molecule has 0 spiro atoms. The predicted molar refractivity (Wildman–Crippen MR) is 102 cm³/mol. The molecule has 2 aromatic carbocycles. The van der Waals surface area contributed by atoms with Crippen molar-refractivity contribution in [3.63, 3.8) is 0 Å². The van der Waals surface area contributed by atoms with E-state index in [1.54, 1.807) is 31.2 Å². The Kier molecular flexibility index (Phi) is 7.18. The first-order valence-corrected chi connectivity index (χ1v) is 8.55. The Balaban J connectivity index is 2.09. The molecule has 0 aliphatic heterocycles. The number of aliphatic hydroxyl groups is 2. The Hall–Kier alpha value is -2.61. The zero-order valence-corrected chi connectivity index (χ0v) is 15.3. The number of ketones is 1. The van der Waals surface area contributed by atoms with Crippen molar-refractivity contribution in [2.75, 3.05) is 6.61 Å². The fourth-order valence-electron chi connectivity index (χ4n) is 2.53. The number of carbonyl (C=O) groups excluding carboxylic acids is 1. The summed E-state index contributed by atoms with van der Waals surface area (Å²) < 4.78 is 0. The number of Topliss-reactive ketones (excluding diaryl/α,β-unsaturated/α-hetero) is 1. The number of benzene rings is 2. The van der Waals surface area contributed by atoms with Crippen molar-refractivity contribution in [3.8, 4) is 0 Å². The van der Waals surface area contributed by atoms with Gasteiger partial charge in [0.2, 0.25) is 0 Å². The fraction of sp³-hybridized carbons (Fsp3) is 0.263. The van der Waals surface area contributed by atoms with Crippen molar-refractivity contribution >= 4 is 28.8 Å². The molecule has 0 heterocycles. The predicted octanol–water partition coefficient (Wildman–Crippen LogP) is 3.38. The van der Waals surface area contributed by atoms with E-state index in [2.05, 4.69) is 4.99 Å². The van der Waals surface area contributed by atoms with Crippen LogP contribution in [-0.4, -0.2) is 39.3 Å². The van der Waals surface area contributed by atoms with Crippen molar-refractivity contribution in [1.29, 1.82) is 0 Å². The summed E-state index contributed by atoms with van der Waals surface area (Å²) in [6.07, 6.45) is -1.12. The maximum atomic E-state index is 12.3. The van der Waals surface area contributed by atoms with Crippen LogP contribution in [0.5, 0.6) is 0 Å². The van der Waals surface area contributed by atoms with E-state index in [0.29, 0.717) is 21.9 Å². The van der Waals surface area contributed by atoms with Crippen LogP contribution in [0.2, 0.25) is 5.02 Å². The lowest BCUT2D eigenvalue weighted by Gasteiger charge is -2.18. The van der Waals surface area contributed by atoms with E-state index in [0.717, 1.165) is 0 Å². The largest absolute Gasteiger partial charge is 0.394 e. The molecule has 2 aromatic rings. The van der Waals surface area contributed by atoms with Gasteiger partial charge in [0.25, 0.3) is 5.69 Å². The summed E-state index contributed by atoms with van der Waals surface area (Å²) >= 11 is 5.80. The molecule has 0 saturated heterocycles. The van der Waals surface area contributed by atoms with E-state index in [4.69, 9.17) is 11.6 Å². The van der Waals surface area contributed by atoms with Crippen LogP contribution in [-0.2, 0) is 0 Å². The Morgan fingerprint density at radius 1 is 1.19 bits per heavy atom. The summed E-state index contributed by atoms with van der Waals surface area (Å²) in [5.74, 6) is -0.158. The fourth-order valence-corrected chi connectivity index (χ4v) is 2.65. The van der Waals surface area contributed by atoms with Crippen LogP contribution in [0.25, 0.3) is 0 Å². The molecule has 0 aliphatic carbocycles. The van der Waals surface area contributed by atoms with Crippen LogP contribution >= 0.6 is 11.6 Å². The molecule has 0 saturated carbocycles. The monoisotopic (exact) mass is 390 g/mol. The van der Waals surface area contributed by atoms with Gasteiger partial charge < -0.3 is 10.2 Å². The summed E-state index contributed by atoms with van der Waals surface area (Å²) in [7, 11) is 0. The third-order valence-corrected chi connectivity index (χ3v) is 4.22. The molecule has 27 heavy (non-hydrogen) atoms. The number of carbonyl (C=O) groups is 1. The van der Waals surface area contributed by atoms with Gasteiger partial charge in [-0.15, -0.1) is 0 Å². The highest BCUT2D eigenvalue weighted by atomic mass is 35.5. The number of rotatable bonds is 8. The maximum absolute atomic E-state index is 12.3.